The van der Waals surface area contributed by atoms with Gasteiger partial charge >= 0.3 is 30.0 Å². The number of esters is 4. The standard InChI is InChI=1S/C21H34O2.C14H26O2.C12H20O4.C11H17NO4/c1-6-20(4,5)19(22)23-21(12(2)3)11-15-10-16(21)18-14-8-7-13(9-14)17(15)18;1-6-13(4,5)12(15)16-14(11(2)3)9-7-8-10-14;1-6-11(3,4)10(14)16-12(5)7-9(13)15-8(12)2;1-6-10(2,3)7(13)12-8(14)11(4,5)16-9(12)15/h12-18H,6-11H2,1-5H3;11H,6-10H2,1-5H3;8H,6-7H2,1-5H3;6H2,1-5H3. The third-order valence-corrected chi connectivity index (χ3v) is 19.1. The van der Waals surface area contributed by atoms with E-state index in [1.54, 1.807) is 27.7 Å². The first-order valence-electron chi connectivity index (χ1n) is 27.5. The lowest BCUT2D eigenvalue weighted by Gasteiger charge is -2.49. The molecule has 2 saturated heterocycles. The van der Waals surface area contributed by atoms with Gasteiger partial charge in [-0.2, -0.15) is 4.90 Å². The highest BCUT2D eigenvalue weighted by atomic mass is 16.6. The van der Waals surface area contributed by atoms with Crippen molar-refractivity contribution in [3.8, 4) is 0 Å². The predicted octanol–water partition coefficient (Wildman–Crippen LogP) is 12.8. The van der Waals surface area contributed by atoms with Crippen molar-refractivity contribution in [3.63, 3.8) is 0 Å². The molecule has 5 aliphatic carbocycles. The molecule has 9 unspecified atom stereocenters. The summed E-state index contributed by atoms with van der Waals surface area (Å²) < 4.78 is 27.6. The molecule has 13 nitrogen and oxygen atoms in total. The van der Waals surface area contributed by atoms with Crippen LogP contribution in [-0.2, 0) is 52.5 Å². The molecule has 0 aromatic carbocycles. The normalized spacial score (nSPS) is 31.2. The molecule has 0 aromatic heterocycles. The summed E-state index contributed by atoms with van der Waals surface area (Å²) in [6.45, 7) is 38.3. The van der Waals surface area contributed by atoms with Crippen LogP contribution >= 0.6 is 0 Å². The minimum Gasteiger partial charge on any atom is -0.458 e. The van der Waals surface area contributed by atoms with E-state index in [9.17, 15) is 33.6 Å². The molecule has 0 aromatic rings. The minimum absolute atomic E-state index is 0.0226. The Morgan fingerprint density at radius 1 is 0.648 bits per heavy atom. The van der Waals surface area contributed by atoms with Crippen LogP contribution < -0.4 is 0 Å². The molecular formula is C58H97NO12. The van der Waals surface area contributed by atoms with Gasteiger partial charge in [-0.15, -0.1) is 0 Å². The summed E-state index contributed by atoms with van der Waals surface area (Å²) >= 11 is 0. The second-order valence-corrected chi connectivity index (χ2v) is 26.4. The van der Waals surface area contributed by atoms with Crippen LogP contribution in [0.25, 0.3) is 0 Å². The highest BCUT2D eigenvalue weighted by Crippen LogP contribution is 2.71. The molecular weight excluding hydrogens is 903 g/mol. The van der Waals surface area contributed by atoms with Crippen molar-refractivity contribution in [2.24, 2.45) is 69.0 Å². The predicted molar refractivity (Wildman–Crippen MR) is 273 cm³/mol. The molecule has 13 heteroatoms. The first kappa shape index (κ1) is 60.0. The van der Waals surface area contributed by atoms with Gasteiger partial charge in [-0.1, -0.05) is 69.2 Å². The Morgan fingerprint density at radius 2 is 1.11 bits per heavy atom. The molecule has 7 fully saturated rings. The molecule has 0 N–H and O–H groups in total. The molecule has 4 bridgehead atoms. The van der Waals surface area contributed by atoms with Crippen molar-refractivity contribution in [2.45, 2.75) is 257 Å². The number of carbonyl (C=O) groups is 7. The number of hydrogen-bond donors (Lipinski definition) is 0. The summed E-state index contributed by atoms with van der Waals surface area (Å²) in [5.74, 6) is 4.47. The topological polar surface area (TPSA) is 169 Å². The van der Waals surface area contributed by atoms with E-state index in [0.717, 1.165) is 61.7 Å². The van der Waals surface area contributed by atoms with Gasteiger partial charge in [-0.05, 0) is 194 Å². The Balaban J connectivity index is 0.000000209. The second-order valence-electron chi connectivity index (χ2n) is 26.4. The number of hydrogen-bond acceptors (Lipinski definition) is 12. The zero-order chi connectivity index (χ0) is 54.2. The molecule has 0 radical (unpaired) electrons. The average molecular weight is 1000 g/mol. The molecule has 2 heterocycles. The molecule has 71 heavy (non-hydrogen) atoms. The van der Waals surface area contributed by atoms with Crippen molar-refractivity contribution in [3.05, 3.63) is 0 Å². The Bertz CT molecular complexity index is 1970. The molecule has 5 saturated carbocycles. The van der Waals surface area contributed by atoms with Crippen molar-refractivity contribution in [2.75, 3.05) is 0 Å². The van der Waals surface area contributed by atoms with Crippen LogP contribution in [0.5, 0.6) is 0 Å². The van der Waals surface area contributed by atoms with Crippen LogP contribution in [0, 0.1) is 69.0 Å². The van der Waals surface area contributed by atoms with Crippen LogP contribution in [0.2, 0.25) is 0 Å². The summed E-state index contributed by atoms with van der Waals surface area (Å²) in [7, 11) is 0. The van der Waals surface area contributed by atoms with Gasteiger partial charge in [0.15, 0.2) is 11.2 Å². The first-order chi connectivity index (χ1) is 32.5. The minimum atomic E-state index is -1.24. The van der Waals surface area contributed by atoms with Crippen LogP contribution in [-0.4, -0.2) is 75.2 Å². The van der Waals surface area contributed by atoms with Crippen molar-refractivity contribution >= 4 is 41.8 Å². The van der Waals surface area contributed by atoms with Crippen LogP contribution in [0.3, 0.4) is 0 Å². The van der Waals surface area contributed by atoms with E-state index in [2.05, 4.69) is 34.6 Å². The lowest BCUT2D eigenvalue weighted by molar-refractivity contribution is -0.190. The SMILES string of the molecule is CCC(C)(C)C(=O)N1C(=O)OC(C)(C)C1=O.CCC(C)(C)C(=O)OC1(C(C)C)CC2CC1C1C3CCC(C3)C21.CCC(C)(C)C(=O)OC1(C(C)C)CCCC1.CCC(C)(C)C(=O)OC1(C)CC(=O)OC1C. The lowest BCUT2D eigenvalue weighted by Crippen LogP contribution is -2.52. The van der Waals surface area contributed by atoms with Crippen LogP contribution in [0.1, 0.15) is 228 Å². The van der Waals surface area contributed by atoms with Crippen LogP contribution in [0.4, 0.5) is 4.79 Å². The molecule has 2 aliphatic heterocycles. The smallest absolute Gasteiger partial charge is 0.424 e. The van der Waals surface area contributed by atoms with Crippen molar-refractivity contribution < 1.29 is 57.2 Å². The maximum atomic E-state index is 12.9. The third-order valence-electron chi connectivity index (χ3n) is 19.1. The number of cyclic esters (lactones) is 2. The van der Waals surface area contributed by atoms with E-state index in [4.69, 9.17) is 23.7 Å². The highest BCUT2D eigenvalue weighted by Gasteiger charge is 2.69. The van der Waals surface area contributed by atoms with Gasteiger partial charge in [0.05, 0.1) is 22.7 Å². The van der Waals surface area contributed by atoms with Gasteiger partial charge in [0.1, 0.15) is 17.3 Å². The maximum absolute atomic E-state index is 12.9. The first-order valence-corrected chi connectivity index (χ1v) is 27.5. The van der Waals surface area contributed by atoms with E-state index < -0.39 is 39.9 Å². The summed E-state index contributed by atoms with van der Waals surface area (Å²) in [6, 6.07) is 0. The summed E-state index contributed by atoms with van der Waals surface area (Å²) in [5.41, 5.74) is -4.35. The Kier molecular flexibility index (Phi) is 18.4. The fraction of sp³-hybridized carbons (Fsp3) is 0.879. The van der Waals surface area contributed by atoms with Gasteiger partial charge in [0, 0.05) is 11.3 Å². The molecule has 7 aliphatic rings. The monoisotopic (exact) mass is 1000 g/mol. The largest absolute Gasteiger partial charge is 0.458 e. The van der Waals surface area contributed by atoms with Gasteiger partial charge in [0.2, 0.25) is 5.91 Å². The molecule has 9 atom stereocenters. The number of nitrogens with zero attached hydrogens (tertiary/aromatic N) is 1. The zero-order valence-electron chi connectivity index (χ0n) is 47.9. The van der Waals surface area contributed by atoms with E-state index in [-0.39, 0.29) is 58.4 Å². The summed E-state index contributed by atoms with van der Waals surface area (Å²) in [4.78, 5) is 84.0. The van der Waals surface area contributed by atoms with Crippen molar-refractivity contribution in [1.82, 2.24) is 4.90 Å². The number of amides is 3. The fourth-order valence-corrected chi connectivity index (χ4v) is 11.9. The number of carbonyl (C=O) groups excluding carboxylic acids is 7. The Hall–Kier alpha value is -3.51. The van der Waals surface area contributed by atoms with E-state index in [0.29, 0.717) is 35.5 Å². The third kappa shape index (κ3) is 12.2. The zero-order valence-corrected chi connectivity index (χ0v) is 47.9. The number of rotatable bonds is 13. The average Bonchev–Trinajstić information content (AvgIpc) is 4.17. The van der Waals surface area contributed by atoms with E-state index in [1.807, 2.05) is 62.3 Å². The Labute approximate surface area is 428 Å². The fourth-order valence-electron chi connectivity index (χ4n) is 11.9. The summed E-state index contributed by atoms with van der Waals surface area (Å²) in [5, 5.41) is 0. The second kappa shape index (κ2) is 21.8. The van der Waals surface area contributed by atoms with E-state index >= 15 is 0 Å². The quantitative estimate of drug-likeness (QED) is 0.0974. The van der Waals surface area contributed by atoms with Gasteiger partial charge in [-0.25, -0.2) is 4.79 Å². The van der Waals surface area contributed by atoms with Crippen molar-refractivity contribution in [1.29, 1.82) is 0 Å². The highest BCUT2D eigenvalue weighted by molar-refractivity contribution is 6.16. The number of ether oxygens (including phenoxy) is 5. The molecule has 406 valence electrons. The summed E-state index contributed by atoms with van der Waals surface area (Å²) in [6.07, 6.45) is 13.2. The van der Waals surface area contributed by atoms with Gasteiger partial charge in [-0.3, -0.25) is 28.8 Å². The number of fused-ring (bicyclic) bond motifs is 9. The molecule has 3 amide bonds. The van der Waals surface area contributed by atoms with Gasteiger partial charge in [0.25, 0.3) is 5.91 Å². The van der Waals surface area contributed by atoms with E-state index in [1.165, 1.54) is 52.4 Å². The van der Waals surface area contributed by atoms with Crippen LogP contribution in [0.15, 0.2) is 0 Å². The maximum Gasteiger partial charge on any atom is 0.424 e. The number of imide groups is 3. The Morgan fingerprint density at radius 3 is 1.52 bits per heavy atom. The van der Waals surface area contributed by atoms with Gasteiger partial charge < -0.3 is 23.7 Å². The lowest BCUT2D eigenvalue weighted by atomic mass is 9.63. The molecule has 0 spiro atoms. The molecule has 7 rings (SSSR count).